The quantitative estimate of drug-likeness (QED) is 0.215. The first-order valence-corrected chi connectivity index (χ1v) is 13.8. The van der Waals surface area contributed by atoms with Gasteiger partial charge in [0.05, 0.1) is 6.61 Å². The van der Waals surface area contributed by atoms with Crippen molar-refractivity contribution < 1.29 is 23.8 Å². The molecule has 0 spiro atoms. The Bertz CT molecular complexity index is 1180. The van der Waals surface area contributed by atoms with Crippen LogP contribution >= 0.6 is 23.2 Å². The summed E-state index contributed by atoms with van der Waals surface area (Å²) in [5.74, 6) is 0.0603. The lowest BCUT2D eigenvalue weighted by Gasteiger charge is -2.25. The number of esters is 2. The highest BCUT2D eigenvalue weighted by Gasteiger charge is 2.29. The van der Waals surface area contributed by atoms with E-state index in [9.17, 15) is 9.59 Å². The van der Waals surface area contributed by atoms with Crippen molar-refractivity contribution in [3.8, 4) is 5.75 Å². The first-order valence-electron chi connectivity index (χ1n) is 13.0. The fraction of sp³-hybridized carbons (Fsp3) is 0.355. The molecule has 3 aromatic carbocycles. The summed E-state index contributed by atoms with van der Waals surface area (Å²) >= 11 is 12.1. The SMILES string of the molecule is CCOC(=O)[C@H](Cc1ccc(OCc2cc(Cl)cc(Cl)c2)cc1)N[C@@H](CC(C)C)C(=O)OCc1ccccc1. The number of benzene rings is 3. The van der Waals surface area contributed by atoms with Crippen LogP contribution in [0.2, 0.25) is 10.0 Å². The van der Waals surface area contributed by atoms with Gasteiger partial charge in [-0.15, -0.1) is 0 Å². The van der Waals surface area contributed by atoms with Crippen molar-refractivity contribution in [1.82, 2.24) is 5.32 Å². The van der Waals surface area contributed by atoms with E-state index in [0.717, 1.165) is 16.7 Å². The molecule has 0 radical (unpaired) electrons. The molecule has 0 unspecified atom stereocenters. The number of rotatable bonds is 14. The number of halogens is 2. The summed E-state index contributed by atoms with van der Waals surface area (Å²) < 4.78 is 16.8. The lowest BCUT2D eigenvalue weighted by molar-refractivity contribution is -0.150. The second-order valence-corrected chi connectivity index (χ2v) is 10.5. The Labute approximate surface area is 240 Å². The molecule has 39 heavy (non-hydrogen) atoms. The molecular weight excluding hydrogens is 537 g/mol. The van der Waals surface area contributed by atoms with Crippen LogP contribution in [0.3, 0.4) is 0 Å². The summed E-state index contributed by atoms with van der Waals surface area (Å²) in [7, 11) is 0. The van der Waals surface area contributed by atoms with Crippen LogP contribution in [0.5, 0.6) is 5.75 Å². The number of carbonyl (C=O) groups excluding carboxylic acids is 2. The maximum atomic E-state index is 13.0. The van der Waals surface area contributed by atoms with Crippen LogP contribution in [-0.2, 0) is 38.7 Å². The molecule has 8 heteroatoms. The molecule has 1 N–H and O–H groups in total. The maximum absolute atomic E-state index is 13.0. The van der Waals surface area contributed by atoms with E-state index in [1.165, 1.54) is 0 Å². The zero-order chi connectivity index (χ0) is 28.2. The molecule has 0 aromatic heterocycles. The minimum Gasteiger partial charge on any atom is -0.489 e. The van der Waals surface area contributed by atoms with Gasteiger partial charge in [-0.25, -0.2) is 0 Å². The Hall–Kier alpha value is -3.06. The highest BCUT2D eigenvalue weighted by atomic mass is 35.5. The zero-order valence-electron chi connectivity index (χ0n) is 22.5. The molecule has 0 aliphatic carbocycles. The van der Waals surface area contributed by atoms with Crippen molar-refractivity contribution in [2.45, 2.75) is 58.9 Å². The first kappa shape index (κ1) is 30.5. The number of hydrogen-bond donors (Lipinski definition) is 1. The van der Waals surface area contributed by atoms with Crippen LogP contribution < -0.4 is 10.1 Å². The van der Waals surface area contributed by atoms with Gasteiger partial charge in [-0.05, 0) is 72.7 Å². The maximum Gasteiger partial charge on any atom is 0.323 e. The summed E-state index contributed by atoms with van der Waals surface area (Å²) in [5, 5.41) is 4.32. The fourth-order valence-corrected chi connectivity index (χ4v) is 4.62. The lowest BCUT2D eigenvalue weighted by Crippen LogP contribution is -2.50. The highest BCUT2D eigenvalue weighted by molar-refractivity contribution is 6.34. The molecule has 0 fully saturated rings. The average molecular weight is 573 g/mol. The van der Waals surface area contributed by atoms with Crippen LogP contribution in [0, 0.1) is 5.92 Å². The number of carbonyl (C=O) groups is 2. The molecule has 208 valence electrons. The Morgan fingerprint density at radius 2 is 1.41 bits per heavy atom. The summed E-state index contributed by atoms with van der Waals surface area (Å²) in [6.07, 6.45) is 0.855. The van der Waals surface area contributed by atoms with Crippen molar-refractivity contribution in [1.29, 1.82) is 0 Å². The van der Waals surface area contributed by atoms with Crippen LogP contribution in [0.4, 0.5) is 0 Å². The lowest BCUT2D eigenvalue weighted by atomic mass is 10.0. The van der Waals surface area contributed by atoms with Gasteiger partial charge in [0.15, 0.2) is 0 Å². The van der Waals surface area contributed by atoms with Gasteiger partial charge in [0.2, 0.25) is 0 Å². The molecule has 6 nitrogen and oxygen atoms in total. The van der Waals surface area contributed by atoms with E-state index in [0.29, 0.717) is 35.2 Å². The smallest absolute Gasteiger partial charge is 0.323 e. The van der Waals surface area contributed by atoms with E-state index >= 15 is 0 Å². The number of nitrogens with one attached hydrogen (secondary N) is 1. The third kappa shape index (κ3) is 10.6. The van der Waals surface area contributed by atoms with Crippen LogP contribution in [-0.4, -0.2) is 30.6 Å². The van der Waals surface area contributed by atoms with Crippen LogP contribution in [0.1, 0.15) is 43.9 Å². The minimum absolute atomic E-state index is 0.170. The minimum atomic E-state index is -0.724. The van der Waals surface area contributed by atoms with Gasteiger partial charge in [-0.3, -0.25) is 14.9 Å². The normalized spacial score (nSPS) is 12.6. The Morgan fingerprint density at radius 3 is 2.03 bits per heavy atom. The Morgan fingerprint density at radius 1 is 0.769 bits per heavy atom. The van der Waals surface area contributed by atoms with Crippen LogP contribution in [0.25, 0.3) is 0 Å². The van der Waals surface area contributed by atoms with Crippen LogP contribution in [0.15, 0.2) is 72.8 Å². The van der Waals surface area contributed by atoms with E-state index in [-0.39, 0.29) is 19.1 Å². The molecule has 0 amide bonds. The third-order valence-electron chi connectivity index (χ3n) is 5.88. The van der Waals surface area contributed by atoms with E-state index in [1.807, 2.05) is 68.4 Å². The van der Waals surface area contributed by atoms with E-state index in [2.05, 4.69) is 5.32 Å². The van der Waals surface area contributed by atoms with Crippen molar-refractivity contribution in [2.24, 2.45) is 5.92 Å². The number of ether oxygens (including phenoxy) is 3. The summed E-state index contributed by atoms with van der Waals surface area (Å²) in [5.41, 5.74) is 2.65. The summed E-state index contributed by atoms with van der Waals surface area (Å²) in [6.45, 7) is 6.53. The van der Waals surface area contributed by atoms with Crippen molar-refractivity contribution in [3.05, 3.63) is 99.5 Å². The summed E-state index contributed by atoms with van der Waals surface area (Å²) in [4.78, 5) is 25.9. The molecule has 0 heterocycles. The predicted octanol–water partition coefficient (Wildman–Crippen LogP) is 6.79. The molecule has 0 aliphatic heterocycles. The van der Waals surface area contributed by atoms with Gasteiger partial charge in [0.1, 0.15) is 31.0 Å². The second kappa shape index (κ2) is 15.5. The third-order valence-corrected chi connectivity index (χ3v) is 6.32. The van der Waals surface area contributed by atoms with E-state index in [4.69, 9.17) is 37.4 Å². The standard InChI is InChI=1S/C31H35Cl2NO5/c1-4-37-30(35)29(34-28(14-21(2)3)31(36)39-19-23-8-6-5-7-9-23)17-22-10-12-27(13-11-22)38-20-24-15-25(32)18-26(33)16-24/h5-13,15-16,18,21,28-29,34H,4,14,17,19-20H2,1-3H3/t28-,29-/m0/s1. The Balaban J connectivity index is 1.66. The van der Waals surface area contributed by atoms with Gasteiger partial charge in [0.25, 0.3) is 0 Å². The molecule has 3 rings (SSSR count). The van der Waals surface area contributed by atoms with Gasteiger partial charge in [-0.1, -0.05) is 79.5 Å². The molecule has 0 saturated carbocycles. The molecule has 2 atom stereocenters. The van der Waals surface area contributed by atoms with Gasteiger partial charge in [-0.2, -0.15) is 0 Å². The number of hydrogen-bond acceptors (Lipinski definition) is 6. The average Bonchev–Trinajstić information content (AvgIpc) is 2.90. The first-order chi connectivity index (χ1) is 18.7. The highest BCUT2D eigenvalue weighted by Crippen LogP contribution is 2.21. The fourth-order valence-electron chi connectivity index (χ4n) is 4.05. The van der Waals surface area contributed by atoms with Gasteiger partial charge in [0, 0.05) is 10.0 Å². The van der Waals surface area contributed by atoms with Crippen molar-refractivity contribution >= 4 is 35.1 Å². The van der Waals surface area contributed by atoms with E-state index < -0.39 is 24.0 Å². The second-order valence-electron chi connectivity index (χ2n) is 9.66. The molecular formula is C31H35Cl2NO5. The predicted molar refractivity (Wildman–Crippen MR) is 154 cm³/mol. The largest absolute Gasteiger partial charge is 0.489 e. The van der Waals surface area contributed by atoms with Crippen molar-refractivity contribution in [2.75, 3.05) is 6.61 Å². The topological polar surface area (TPSA) is 73.9 Å². The molecule has 0 saturated heterocycles. The molecule has 0 bridgehead atoms. The van der Waals surface area contributed by atoms with Gasteiger partial charge >= 0.3 is 11.9 Å². The Kier molecular flexibility index (Phi) is 12.1. The zero-order valence-corrected chi connectivity index (χ0v) is 24.0. The molecule has 0 aliphatic rings. The molecule has 3 aromatic rings. The van der Waals surface area contributed by atoms with Gasteiger partial charge < -0.3 is 14.2 Å². The summed E-state index contributed by atoms with van der Waals surface area (Å²) in [6, 6.07) is 20.8. The monoisotopic (exact) mass is 571 g/mol. The van der Waals surface area contributed by atoms with Crippen molar-refractivity contribution in [3.63, 3.8) is 0 Å². The van der Waals surface area contributed by atoms with E-state index in [1.54, 1.807) is 25.1 Å².